The quantitative estimate of drug-likeness (QED) is 0.763. The molecule has 1 rings (SSSR count). The Morgan fingerprint density at radius 1 is 0.867 bits per heavy atom. The second kappa shape index (κ2) is 4.91. The van der Waals surface area contributed by atoms with E-state index in [0.29, 0.717) is 17.2 Å². The highest BCUT2D eigenvalue weighted by atomic mass is 16.5. The Hall–Kier alpha value is -1.38. The lowest BCUT2D eigenvalue weighted by atomic mass is 10.0. The Morgan fingerprint density at radius 3 is 1.60 bits per heavy atom. The SMILES string of the molecule is COc1cc([C](C)C)cc(OC)c1OC. The molecule has 0 aromatic heterocycles. The molecule has 0 aliphatic heterocycles. The van der Waals surface area contributed by atoms with Gasteiger partial charge in [-0.05, 0) is 23.6 Å². The molecule has 0 saturated carbocycles. The van der Waals surface area contributed by atoms with Crippen LogP contribution in [0.5, 0.6) is 17.2 Å². The third-order valence-corrected chi connectivity index (χ3v) is 2.24. The number of ether oxygens (including phenoxy) is 3. The van der Waals surface area contributed by atoms with E-state index in [0.717, 1.165) is 5.56 Å². The topological polar surface area (TPSA) is 27.7 Å². The summed E-state index contributed by atoms with van der Waals surface area (Å²) in [5, 5.41) is 0. The highest BCUT2D eigenvalue weighted by Gasteiger charge is 2.14. The predicted molar refractivity (Wildman–Crippen MR) is 59.8 cm³/mol. The van der Waals surface area contributed by atoms with Crippen LogP contribution in [0.3, 0.4) is 0 Å². The first-order valence-corrected chi connectivity index (χ1v) is 4.74. The largest absolute Gasteiger partial charge is 0.493 e. The fourth-order valence-electron chi connectivity index (χ4n) is 1.37. The number of rotatable bonds is 4. The first kappa shape index (κ1) is 11.7. The van der Waals surface area contributed by atoms with Gasteiger partial charge in [0.2, 0.25) is 5.75 Å². The van der Waals surface area contributed by atoms with Crippen molar-refractivity contribution in [3.63, 3.8) is 0 Å². The summed E-state index contributed by atoms with van der Waals surface area (Å²) < 4.78 is 15.7. The maximum atomic E-state index is 5.25. The van der Waals surface area contributed by atoms with Gasteiger partial charge in [-0.1, -0.05) is 13.8 Å². The van der Waals surface area contributed by atoms with Crippen molar-refractivity contribution in [3.05, 3.63) is 23.6 Å². The van der Waals surface area contributed by atoms with Crippen LogP contribution in [0.25, 0.3) is 0 Å². The molecule has 0 aliphatic rings. The van der Waals surface area contributed by atoms with Crippen LogP contribution in [0.15, 0.2) is 12.1 Å². The first-order chi connectivity index (χ1) is 7.13. The molecule has 3 heteroatoms. The zero-order valence-electron chi connectivity index (χ0n) is 9.88. The van der Waals surface area contributed by atoms with Gasteiger partial charge in [-0.25, -0.2) is 0 Å². The van der Waals surface area contributed by atoms with Crippen molar-refractivity contribution in [1.82, 2.24) is 0 Å². The molecule has 1 aromatic carbocycles. The first-order valence-electron chi connectivity index (χ1n) is 4.74. The van der Waals surface area contributed by atoms with Gasteiger partial charge >= 0.3 is 0 Å². The van der Waals surface area contributed by atoms with E-state index < -0.39 is 0 Å². The fraction of sp³-hybridized carbons (Fsp3) is 0.417. The van der Waals surface area contributed by atoms with Crippen LogP contribution in [-0.4, -0.2) is 21.3 Å². The van der Waals surface area contributed by atoms with Gasteiger partial charge in [-0.3, -0.25) is 0 Å². The fourth-order valence-corrected chi connectivity index (χ4v) is 1.37. The van der Waals surface area contributed by atoms with Gasteiger partial charge in [-0.15, -0.1) is 0 Å². The van der Waals surface area contributed by atoms with Crippen molar-refractivity contribution in [2.24, 2.45) is 0 Å². The molecule has 83 valence electrons. The van der Waals surface area contributed by atoms with Crippen LogP contribution >= 0.6 is 0 Å². The molecular weight excluding hydrogens is 192 g/mol. The Bertz CT molecular complexity index is 307. The monoisotopic (exact) mass is 209 g/mol. The number of hydrogen-bond donors (Lipinski definition) is 0. The van der Waals surface area contributed by atoms with Crippen LogP contribution in [0, 0.1) is 5.92 Å². The molecule has 0 amide bonds. The van der Waals surface area contributed by atoms with Gasteiger partial charge in [0.05, 0.1) is 21.3 Å². The van der Waals surface area contributed by atoms with Crippen molar-refractivity contribution in [3.8, 4) is 17.2 Å². The Labute approximate surface area is 91.0 Å². The summed E-state index contributed by atoms with van der Waals surface area (Å²) in [5.74, 6) is 3.21. The van der Waals surface area contributed by atoms with Crippen LogP contribution in [-0.2, 0) is 0 Å². The van der Waals surface area contributed by atoms with Gasteiger partial charge in [0, 0.05) is 0 Å². The molecule has 0 N–H and O–H groups in total. The summed E-state index contributed by atoms with van der Waals surface area (Å²) >= 11 is 0. The summed E-state index contributed by atoms with van der Waals surface area (Å²) in [6.45, 7) is 4.08. The highest BCUT2D eigenvalue weighted by Crippen LogP contribution is 2.39. The lowest BCUT2D eigenvalue weighted by Crippen LogP contribution is -1.98. The zero-order chi connectivity index (χ0) is 11.4. The van der Waals surface area contributed by atoms with E-state index >= 15 is 0 Å². The summed E-state index contributed by atoms with van der Waals surface area (Å²) in [6.07, 6.45) is 0. The van der Waals surface area contributed by atoms with E-state index in [9.17, 15) is 0 Å². The summed E-state index contributed by atoms with van der Waals surface area (Å²) in [7, 11) is 4.83. The van der Waals surface area contributed by atoms with Gasteiger partial charge < -0.3 is 14.2 Å². The van der Waals surface area contributed by atoms with Crippen molar-refractivity contribution < 1.29 is 14.2 Å². The molecule has 0 unspecified atom stereocenters. The van der Waals surface area contributed by atoms with E-state index in [1.165, 1.54) is 5.92 Å². The summed E-state index contributed by atoms with van der Waals surface area (Å²) in [6, 6.07) is 3.88. The lowest BCUT2D eigenvalue weighted by Gasteiger charge is -2.15. The molecule has 0 saturated heterocycles. The van der Waals surface area contributed by atoms with Gasteiger partial charge in [0.15, 0.2) is 11.5 Å². The van der Waals surface area contributed by atoms with E-state index in [1.807, 2.05) is 26.0 Å². The third kappa shape index (κ3) is 2.35. The predicted octanol–water partition coefficient (Wildman–Crippen LogP) is 2.67. The molecule has 0 spiro atoms. The molecule has 15 heavy (non-hydrogen) atoms. The van der Waals surface area contributed by atoms with Crippen LogP contribution in [0.4, 0.5) is 0 Å². The number of benzene rings is 1. The molecule has 0 heterocycles. The van der Waals surface area contributed by atoms with Gasteiger partial charge in [-0.2, -0.15) is 0 Å². The molecule has 0 fully saturated rings. The van der Waals surface area contributed by atoms with Crippen molar-refractivity contribution in [1.29, 1.82) is 0 Å². The molecule has 0 aliphatic carbocycles. The normalized spacial score (nSPS) is 10.3. The van der Waals surface area contributed by atoms with Crippen molar-refractivity contribution in [2.75, 3.05) is 21.3 Å². The van der Waals surface area contributed by atoms with E-state index in [2.05, 4.69) is 0 Å². The summed E-state index contributed by atoms with van der Waals surface area (Å²) in [4.78, 5) is 0. The minimum absolute atomic E-state index is 0.630. The Morgan fingerprint density at radius 2 is 1.33 bits per heavy atom. The molecular formula is C12H17O3. The van der Waals surface area contributed by atoms with E-state index in [4.69, 9.17) is 14.2 Å². The zero-order valence-corrected chi connectivity index (χ0v) is 9.88. The average Bonchev–Trinajstić information content (AvgIpc) is 2.26. The van der Waals surface area contributed by atoms with Gasteiger partial charge in [0.25, 0.3) is 0 Å². The van der Waals surface area contributed by atoms with Gasteiger partial charge in [0.1, 0.15) is 0 Å². The molecule has 1 aromatic rings. The highest BCUT2D eigenvalue weighted by molar-refractivity contribution is 5.56. The lowest BCUT2D eigenvalue weighted by molar-refractivity contribution is 0.324. The molecule has 1 radical (unpaired) electrons. The van der Waals surface area contributed by atoms with E-state index in [1.54, 1.807) is 21.3 Å². The Kier molecular flexibility index (Phi) is 3.83. The number of hydrogen-bond acceptors (Lipinski definition) is 3. The number of methoxy groups -OCH3 is 3. The molecule has 3 nitrogen and oxygen atoms in total. The third-order valence-electron chi connectivity index (χ3n) is 2.24. The van der Waals surface area contributed by atoms with Crippen molar-refractivity contribution >= 4 is 0 Å². The smallest absolute Gasteiger partial charge is 0.203 e. The maximum absolute atomic E-state index is 5.25. The minimum Gasteiger partial charge on any atom is -0.493 e. The minimum atomic E-state index is 0.630. The Balaban J connectivity index is 3.29. The second-order valence-corrected chi connectivity index (χ2v) is 3.41. The standard InChI is InChI=1S/C12H17O3/c1-8(2)9-6-10(13-3)12(15-5)11(7-9)14-4/h6-7H,1-5H3. The molecule has 0 atom stereocenters. The average molecular weight is 209 g/mol. The van der Waals surface area contributed by atoms with Crippen LogP contribution in [0.2, 0.25) is 0 Å². The van der Waals surface area contributed by atoms with Crippen molar-refractivity contribution in [2.45, 2.75) is 13.8 Å². The molecule has 0 bridgehead atoms. The summed E-state index contributed by atoms with van der Waals surface area (Å²) in [5.41, 5.74) is 1.09. The van der Waals surface area contributed by atoms with Crippen LogP contribution in [0.1, 0.15) is 19.4 Å². The maximum Gasteiger partial charge on any atom is 0.203 e. The van der Waals surface area contributed by atoms with Crippen LogP contribution < -0.4 is 14.2 Å². The van der Waals surface area contributed by atoms with E-state index in [-0.39, 0.29) is 0 Å². The second-order valence-electron chi connectivity index (χ2n) is 3.41.